The standard InChI is InChI=1S/C18H23N3O/c19-13-16-5-1-2-6-17(16)14-20-11-7-15(8-12-20)18(22)21-9-3-4-10-21/h1-2,5-6,15H,3-4,7-12,14H2. The second-order valence-corrected chi connectivity index (χ2v) is 6.35. The molecule has 0 bridgehead atoms. The van der Waals surface area contributed by atoms with Gasteiger partial charge in [0.15, 0.2) is 0 Å². The van der Waals surface area contributed by atoms with Crippen LogP contribution in [0.5, 0.6) is 0 Å². The van der Waals surface area contributed by atoms with Crippen molar-refractivity contribution in [3.63, 3.8) is 0 Å². The van der Waals surface area contributed by atoms with Gasteiger partial charge in [-0.25, -0.2) is 0 Å². The zero-order valence-electron chi connectivity index (χ0n) is 13.0. The number of benzene rings is 1. The molecule has 0 spiro atoms. The van der Waals surface area contributed by atoms with Crippen LogP contribution in [0.1, 0.15) is 36.8 Å². The Morgan fingerprint density at radius 1 is 1.14 bits per heavy atom. The number of rotatable bonds is 3. The normalized spacial score (nSPS) is 20.0. The van der Waals surface area contributed by atoms with Gasteiger partial charge in [0.05, 0.1) is 11.6 Å². The highest BCUT2D eigenvalue weighted by atomic mass is 16.2. The van der Waals surface area contributed by atoms with Gasteiger partial charge < -0.3 is 4.90 Å². The van der Waals surface area contributed by atoms with Gasteiger partial charge in [0.1, 0.15) is 0 Å². The number of carbonyl (C=O) groups is 1. The summed E-state index contributed by atoms with van der Waals surface area (Å²) in [4.78, 5) is 16.8. The Labute approximate surface area is 132 Å². The molecule has 0 unspecified atom stereocenters. The van der Waals surface area contributed by atoms with E-state index >= 15 is 0 Å². The van der Waals surface area contributed by atoms with Crippen LogP contribution in [0.3, 0.4) is 0 Å². The molecule has 22 heavy (non-hydrogen) atoms. The van der Waals surface area contributed by atoms with Crippen LogP contribution in [0.2, 0.25) is 0 Å². The van der Waals surface area contributed by atoms with E-state index < -0.39 is 0 Å². The average molecular weight is 297 g/mol. The molecule has 2 aliphatic rings. The van der Waals surface area contributed by atoms with Gasteiger partial charge in [0.25, 0.3) is 0 Å². The molecule has 4 heteroatoms. The van der Waals surface area contributed by atoms with E-state index in [-0.39, 0.29) is 5.92 Å². The van der Waals surface area contributed by atoms with Crippen molar-refractivity contribution in [2.45, 2.75) is 32.2 Å². The maximum atomic E-state index is 12.4. The molecule has 2 fully saturated rings. The zero-order chi connectivity index (χ0) is 15.4. The van der Waals surface area contributed by atoms with Crippen LogP contribution in [0.25, 0.3) is 0 Å². The summed E-state index contributed by atoms with van der Waals surface area (Å²) in [5.41, 5.74) is 1.85. The Morgan fingerprint density at radius 2 is 1.82 bits per heavy atom. The third kappa shape index (κ3) is 3.31. The fourth-order valence-corrected chi connectivity index (χ4v) is 3.54. The molecule has 116 valence electrons. The molecule has 0 atom stereocenters. The first kappa shape index (κ1) is 15.1. The molecule has 0 aromatic heterocycles. The molecular weight excluding hydrogens is 274 g/mol. The first-order chi connectivity index (χ1) is 10.8. The summed E-state index contributed by atoms with van der Waals surface area (Å²) < 4.78 is 0. The summed E-state index contributed by atoms with van der Waals surface area (Å²) in [7, 11) is 0. The molecule has 1 aromatic rings. The topological polar surface area (TPSA) is 47.3 Å². The van der Waals surface area contributed by atoms with Crippen molar-refractivity contribution >= 4 is 5.91 Å². The van der Waals surface area contributed by atoms with Crippen molar-refractivity contribution in [3.05, 3.63) is 35.4 Å². The molecule has 4 nitrogen and oxygen atoms in total. The van der Waals surface area contributed by atoms with Crippen LogP contribution in [-0.2, 0) is 11.3 Å². The van der Waals surface area contributed by atoms with Gasteiger partial charge in [-0.15, -0.1) is 0 Å². The van der Waals surface area contributed by atoms with E-state index in [0.29, 0.717) is 5.91 Å². The third-order valence-electron chi connectivity index (χ3n) is 4.89. The molecule has 2 aliphatic heterocycles. The Bertz CT molecular complexity index is 564. The van der Waals surface area contributed by atoms with Crippen LogP contribution >= 0.6 is 0 Å². The highest BCUT2D eigenvalue weighted by molar-refractivity contribution is 5.79. The molecule has 1 aromatic carbocycles. The molecule has 0 aliphatic carbocycles. The minimum absolute atomic E-state index is 0.209. The maximum absolute atomic E-state index is 12.4. The first-order valence-corrected chi connectivity index (χ1v) is 8.27. The monoisotopic (exact) mass is 297 g/mol. The van der Waals surface area contributed by atoms with Crippen molar-refractivity contribution in [2.75, 3.05) is 26.2 Å². The lowest BCUT2D eigenvalue weighted by atomic mass is 9.94. The SMILES string of the molecule is N#Cc1ccccc1CN1CCC(C(=O)N2CCCC2)CC1. The fraction of sp³-hybridized carbons (Fsp3) is 0.556. The molecule has 0 saturated carbocycles. The molecule has 2 heterocycles. The Hall–Kier alpha value is -1.86. The van der Waals surface area contributed by atoms with E-state index in [1.54, 1.807) is 0 Å². The number of piperidine rings is 1. The van der Waals surface area contributed by atoms with Crippen LogP contribution in [0, 0.1) is 17.2 Å². The van der Waals surface area contributed by atoms with Gasteiger partial charge >= 0.3 is 0 Å². The molecule has 2 saturated heterocycles. The van der Waals surface area contributed by atoms with E-state index in [4.69, 9.17) is 5.26 Å². The predicted octanol–water partition coefficient (Wildman–Crippen LogP) is 2.39. The lowest BCUT2D eigenvalue weighted by molar-refractivity contribution is -0.136. The average Bonchev–Trinajstić information content (AvgIpc) is 3.10. The van der Waals surface area contributed by atoms with Crippen molar-refractivity contribution in [1.29, 1.82) is 5.26 Å². The van der Waals surface area contributed by atoms with Crippen LogP contribution in [0.15, 0.2) is 24.3 Å². The van der Waals surface area contributed by atoms with Crippen LogP contribution < -0.4 is 0 Å². The molecular formula is C18H23N3O. The molecule has 3 rings (SSSR count). The van der Waals surface area contributed by atoms with Crippen molar-refractivity contribution in [2.24, 2.45) is 5.92 Å². The number of hydrogen-bond donors (Lipinski definition) is 0. The summed E-state index contributed by atoms with van der Waals surface area (Å²) in [6, 6.07) is 10.1. The van der Waals surface area contributed by atoms with Crippen molar-refractivity contribution < 1.29 is 4.79 Å². The third-order valence-corrected chi connectivity index (χ3v) is 4.89. The molecule has 1 amide bonds. The number of hydrogen-bond acceptors (Lipinski definition) is 3. The Balaban J connectivity index is 1.53. The highest BCUT2D eigenvalue weighted by Gasteiger charge is 2.29. The van der Waals surface area contributed by atoms with Gasteiger partial charge in [-0.05, 0) is 50.4 Å². The van der Waals surface area contributed by atoms with Crippen LogP contribution in [0.4, 0.5) is 0 Å². The van der Waals surface area contributed by atoms with E-state index in [2.05, 4.69) is 11.0 Å². The van der Waals surface area contributed by atoms with Crippen LogP contribution in [-0.4, -0.2) is 41.9 Å². The predicted molar refractivity (Wildman–Crippen MR) is 85.0 cm³/mol. The number of nitriles is 1. The van der Waals surface area contributed by atoms with Gasteiger partial charge in [-0.1, -0.05) is 18.2 Å². The quantitative estimate of drug-likeness (QED) is 0.860. The Morgan fingerprint density at radius 3 is 2.50 bits per heavy atom. The fourth-order valence-electron chi connectivity index (χ4n) is 3.54. The molecule has 0 N–H and O–H groups in total. The minimum Gasteiger partial charge on any atom is -0.342 e. The van der Waals surface area contributed by atoms with E-state index in [1.165, 1.54) is 0 Å². The zero-order valence-corrected chi connectivity index (χ0v) is 13.0. The van der Waals surface area contributed by atoms with E-state index in [1.807, 2.05) is 29.2 Å². The highest BCUT2D eigenvalue weighted by Crippen LogP contribution is 2.23. The first-order valence-electron chi connectivity index (χ1n) is 8.27. The van der Waals surface area contributed by atoms with E-state index in [9.17, 15) is 4.79 Å². The summed E-state index contributed by atoms with van der Waals surface area (Å²) in [6.07, 6.45) is 4.22. The lowest BCUT2D eigenvalue weighted by Gasteiger charge is -2.33. The minimum atomic E-state index is 0.209. The second kappa shape index (κ2) is 6.93. The van der Waals surface area contributed by atoms with Gasteiger partial charge in [0, 0.05) is 25.6 Å². The Kier molecular flexibility index (Phi) is 4.74. The summed E-state index contributed by atoms with van der Waals surface area (Å²) in [5.74, 6) is 0.579. The van der Waals surface area contributed by atoms with Crippen molar-refractivity contribution in [1.82, 2.24) is 9.80 Å². The molecule has 0 radical (unpaired) electrons. The summed E-state index contributed by atoms with van der Waals surface area (Å²) in [5, 5.41) is 9.17. The largest absolute Gasteiger partial charge is 0.342 e. The summed E-state index contributed by atoms with van der Waals surface area (Å²) >= 11 is 0. The van der Waals surface area contributed by atoms with Gasteiger partial charge in [-0.2, -0.15) is 5.26 Å². The number of carbonyl (C=O) groups excluding carboxylic acids is 1. The second-order valence-electron chi connectivity index (χ2n) is 6.35. The maximum Gasteiger partial charge on any atom is 0.225 e. The number of likely N-dealkylation sites (tertiary alicyclic amines) is 2. The van der Waals surface area contributed by atoms with Gasteiger partial charge in [-0.3, -0.25) is 9.69 Å². The smallest absolute Gasteiger partial charge is 0.225 e. The van der Waals surface area contributed by atoms with Crippen molar-refractivity contribution in [3.8, 4) is 6.07 Å². The van der Waals surface area contributed by atoms with E-state index in [0.717, 1.165) is 69.5 Å². The number of nitrogens with zero attached hydrogens (tertiary/aromatic N) is 3. The lowest BCUT2D eigenvalue weighted by Crippen LogP contribution is -2.41. The number of amides is 1. The van der Waals surface area contributed by atoms with Gasteiger partial charge in [0.2, 0.25) is 5.91 Å². The summed E-state index contributed by atoms with van der Waals surface area (Å²) in [6.45, 7) is 4.62.